The lowest BCUT2D eigenvalue weighted by molar-refractivity contribution is 0.0600. The molecular formula is C24H18O6. The van der Waals surface area contributed by atoms with E-state index in [9.17, 15) is 14.7 Å². The molecule has 1 N–H and O–H groups in total. The van der Waals surface area contributed by atoms with Crippen LogP contribution < -0.4 is 10.2 Å². The number of hydrogen-bond donors (Lipinski definition) is 1. The van der Waals surface area contributed by atoms with Gasteiger partial charge in [0.25, 0.3) is 0 Å². The normalized spacial score (nSPS) is 10.7. The molecule has 150 valence electrons. The molecule has 0 aliphatic heterocycles. The van der Waals surface area contributed by atoms with E-state index >= 15 is 0 Å². The van der Waals surface area contributed by atoms with Crippen molar-refractivity contribution in [3.63, 3.8) is 0 Å². The molecule has 0 spiro atoms. The number of phenolic OH excluding ortho intramolecular Hbond substituents is 1. The van der Waals surface area contributed by atoms with Crippen molar-refractivity contribution >= 4 is 16.9 Å². The highest BCUT2D eigenvalue weighted by Gasteiger charge is 2.11. The maximum absolute atomic E-state index is 12.8. The van der Waals surface area contributed by atoms with Gasteiger partial charge in [-0.2, -0.15) is 0 Å². The number of phenols is 1. The van der Waals surface area contributed by atoms with Crippen LogP contribution in [0.2, 0.25) is 0 Å². The molecule has 0 unspecified atom stereocenters. The monoisotopic (exact) mass is 402 g/mol. The van der Waals surface area contributed by atoms with E-state index < -0.39 is 5.97 Å². The van der Waals surface area contributed by atoms with E-state index in [1.807, 2.05) is 0 Å². The molecule has 1 aromatic heterocycles. The molecule has 0 fully saturated rings. The summed E-state index contributed by atoms with van der Waals surface area (Å²) >= 11 is 0. The molecule has 0 saturated heterocycles. The molecule has 0 aliphatic carbocycles. The van der Waals surface area contributed by atoms with Gasteiger partial charge in [-0.1, -0.05) is 24.3 Å². The number of methoxy groups -OCH3 is 1. The molecular weight excluding hydrogens is 384 g/mol. The van der Waals surface area contributed by atoms with Gasteiger partial charge in [0.2, 0.25) is 0 Å². The Morgan fingerprint density at radius 3 is 2.43 bits per heavy atom. The fraction of sp³-hybridized carbons (Fsp3) is 0.0833. The number of rotatable bonds is 5. The van der Waals surface area contributed by atoms with Gasteiger partial charge in [-0.3, -0.25) is 4.79 Å². The van der Waals surface area contributed by atoms with E-state index in [-0.39, 0.29) is 11.2 Å². The largest absolute Gasteiger partial charge is 0.508 e. The summed E-state index contributed by atoms with van der Waals surface area (Å²) in [5, 5.41) is 9.86. The second-order valence-electron chi connectivity index (χ2n) is 6.66. The van der Waals surface area contributed by atoms with Gasteiger partial charge < -0.3 is 19.0 Å². The van der Waals surface area contributed by atoms with Crippen LogP contribution in [0.25, 0.3) is 22.1 Å². The van der Waals surface area contributed by atoms with E-state index in [1.165, 1.54) is 25.5 Å². The summed E-state index contributed by atoms with van der Waals surface area (Å²) in [5.41, 5.74) is 2.69. The highest BCUT2D eigenvalue weighted by Crippen LogP contribution is 2.24. The summed E-state index contributed by atoms with van der Waals surface area (Å²) in [5.74, 6) is 0.296. The van der Waals surface area contributed by atoms with E-state index in [0.717, 1.165) is 5.56 Å². The molecule has 6 nitrogen and oxygen atoms in total. The summed E-state index contributed by atoms with van der Waals surface area (Å²) in [4.78, 5) is 24.3. The molecule has 4 rings (SSSR count). The molecule has 0 bridgehead atoms. The molecule has 0 amide bonds. The summed E-state index contributed by atoms with van der Waals surface area (Å²) in [6.45, 7) is 0.294. The van der Waals surface area contributed by atoms with Crippen LogP contribution in [-0.2, 0) is 11.3 Å². The van der Waals surface area contributed by atoms with Crippen LogP contribution in [0, 0.1) is 0 Å². The first-order valence-corrected chi connectivity index (χ1v) is 9.20. The first-order valence-electron chi connectivity index (χ1n) is 9.20. The second-order valence-corrected chi connectivity index (χ2v) is 6.66. The van der Waals surface area contributed by atoms with E-state index in [0.29, 0.717) is 40.0 Å². The van der Waals surface area contributed by atoms with Crippen molar-refractivity contribution in [1.82, 2.24) is 0 Å². The Bertz CT molecular complexity index is 1250. The molecule has 0 aliphatic rings. The van der Waals surface area contributed by atoms with Gasteiger partial charge in [-0.15, -0.1) is 0 Å². The minimum atomic E-state index is -0.390. The maximum atomic E-state index is 12.8. The van der Waals surface area contributed by atoms with Crippen LogP contribution in [-0.4, -0.2) is 18.2 Å². The Morgan fingerprint density at radius 2 is 1.73 bits per heavy atom. The third kappa shape index (κ3) is 3.89. The minimum Gasteiger partial charge on any atom is -0.508 e. The van der Waals surface area contributed by atoms with Crippen LogP contribution in [0.3, 0.4) is 0 Å². The fourth-order valence-corrected chi connectivity index (χ4v) is 3.06. The SMILES string of the molecule is COC(=O)c1ccc(COc2ccc3c(=O)c(-c4ccc(O)cc4)coc3c2)cc1. The lowest BCUT2D eigenvalue weighted by atomic mass is 10.1. The topological polar surface area (TPSA) is 86.0 Å². The molecule has 4 aromatic rings. The third-order valence-electron chi connectivity index (χ3n) is 4.70. The second kappa shape index (κ2) is 8.13. The van der Waals surface area contributed by atoms with Crippen LogP contribution in [0.4, 0.5) is 0 Å². The van der Waals surface area contributed by atoms with Crippen molar-refractivity contribution < 1.29 is 23.8 Å². The Morgan fingerprint density at radius 1 is 1.00 bits per heavy atom. The van der Waals surface area contributed by atoms with Gasteiger partial charge in [-0.25, -0.2) is 4.79 Å². The first-order chi connectivity index (χ1) is 14.5. The van der Waals surface area contributed by atoms with Gasteiger partial charge in [-0.05, 0) is 47.5 Å². The quantitative estimate of drug-likeness (QED) is 0.494. The Kier molecular flexibility index (Phi) is 5.22. The average molecular weight is 402 g/mol. The number of hydrogen-bond acceptors (Lipinski definition) is 6. The van der Waals surface area contributed by atoms with Gasteiger partial charge in [0.05, 0.1) is 23.6 Å². The molecule has 3 aromatic carbocycles. The standard InChI is InChI=1S/C24H18O6/c1-28-24(27)17-4-2-15(3-5-17)13-29-19-10-11-20-22(12-19)30-14-21(23(20)26)16-6-8-18(25)9-7-16/h2-12,14,25H,13H2,1H3. The molecule has 6 heteroatoms. The van der Waals surface area contributed by atoms with Crippen molar-refractivity contribution in [2.75, 3.05) is 7.11 Å². The van der Waals surface area contributed by atoms with Crippen LogP contribution in [0.1, 0.15) is 15.9 Å². The number of aromatic hydroxyl groups is 1. The highest BCUT2D eigenvalue weighted by molar-refractivity contribution is 5.89. The fourth-order valence-electron chi connectivity index (χ4n) is 3.06. The minimum absolute atomic E-state index is 0.130. The van der Waals surface area contributed by atoms with E-state index in [1.54, 1.807) is 54.6 Å². The Labute approximate surface area is 171 Å². The number of esters is 1. The molecule has 1 heterocycles. The van der Waals surface area contributed by atoms with Crippen LogP contribution in [0.5, 0.6) is 11.5 Å². The van der Waals surface area contributed by atoms with Crippen LogP contribution in [0.15, 0.2) is 82.2 Å². The van der Waals surface area contributed by atoms with Gasteiger partial charge in [0.1, 0.15) is 30.0 Å². The van der Waals surface area contributed by atoms with Gasteiger partial charge >= 0.3 is 5.97 Å². The number of carbonyl (C=O) groups excluding carboxylic acids is 1. The molecule has 0 saturated carbocycles. The van der Waals surface area contributed by atoms with Gasteiger partial charge in [0, 0.05) is 6.07 Å². The summed E-state index contributed by atoms with van der Waals surface area (Å²) in [6.07, 6.45) is 1.41. The first kappa shape index (κ1) is 19.3. The summed E-state index contributed by atoms with van der Waals surface area (Å²) in [6, 6.07) is 18.3. The van der Waals surface area contributed by atoms with Gasteiger partial charge in [0.15, 0.2) is 5.43 Å². The Hall–Kier alpha value is -4.06. The Balaban J connectivity index is 1.54. The number of benzene rings is 3. The third-order valence-corrected chi connectivity index (χ3v) is 4.70. The summed E-state index contributed by atoms with van der Waals surface area (Å²) in [7, 11) is 1.34. The highest BCUT2D eigenvalue weighted by atomic mass is 16.5. The number of carbonyl (C=O) groups is 1. The predicted molar refractivity (Wildman–Crippen MR) is 112 cm³/mol. The van der Waals surface area contributed by atoms with E-state index in [4.69, 9.17) is 9.15 Å². The van der Waals surface area contributed by atoms with Crippen molar-refractivity contribution in [1.29, 1.82) is 0 Å². The van der Waals surface area contributed by atoms with Crippen molar-refractivity contribution in [2.24, 2.45) is 0 Å². The molecule has 0 atom stereocenters. The number of ether oxygens (including phenoxy) is 2. The zero-order valence-corrected chi connectivity index (χ0v) is 16.1. The molecule has 30 heavy (non-hydrogen) atoms. The number of fused-ring (bicyclic) bond motifs is 1. The van der Waals surface area contributed by atoms with Crippen molar-refractivity contribution in [3.8, 4) is 22.6 Å². The smallest absolute Gasteiger partial charge is 0.337 e. The van der Waals surface area contributed by atoms with Crippen molar-refractivity contribution in [3.05, 3.63) is 94.3 Å². The maximum Gasteiger partial charge on any atom is 0.337 e. The predicted octanol–water partition coefficient (Wildman–Crippen LogP) is 4.53. The van der Waals surface area contributed by atoms with E-state index in [2.05, 4.69) is 4.74 Å². The zero-order valence-electron chi connectivity index (χ0n) is 16.1. The average Bonchev–Trinajstić information content (AvgIpc) is 2.78. The summed E-state index contributed by atoms with van der Waals surface area (Å²) < 4.78 is 16.1. The lowest BCUT2D eigenvalue weighted by Gasteiger charge is -2.08. The molecule has 0 radical (unpaired) electrons. The zero-order chi connectivity index (χ0) is 21.1. The lowest BCUT2D eigenvalue weighted by Crippen LogP contribution is -2.05. The van der Waals surface area contributed by atoms with Crippen molar-refractivity contribution in [2.45, 2.75) is 6.61 Å². The van der Waals surface area contributed by atoms with Crippen LogP contribution >= 0.6 is 0 Å².